The number of hydrogen-bond donors (Lipinski definition) is 1. The number of piperidine rings is 1. The van der Waals surface area contributed by atoms with Gasteiger partial charge in [0, 0.05) is 25.2 Å². The van der Waals surface area contributed by atoms with Gasteiger partial charge in [-0.3, -0.25) is 4.79 Å². The number of amides is 1. The van der Waals surface area contributed by atoms with Crippen LogP contribution >= 0.6 is 0 Å². The Bertz CT molecular complexity index is 1000. The normalized spacial score (nSPS) is 14.9. The van der Waals surface area contributed by atoms with Crippen molar-refractivity contribution < 1.29 is 18.7 Å². The van der Waals surface area contributed by atoms with Gasteiger partial charge in [0.05, 0.1) is 7.11 Å². The Hall–Kier alpha value is -3.25. The highest BCUT2D eigenvalue weighted by Crippen LogP contribution is 2.25. The molecule has 0 bridgehead atoms. The fourth-order valence-corrected chi connectivity index (χ4v) is 3.66. The van der Waals surface area contributed by atoms with E-state index in [0.29, 0.717) is 12.3 Å². The SMILES string of the molecule is COc1ccc(-c2ccc(C(=O)NCc3cccc(OC4CCN(C)CC4)c3)o2)cc1. The molecule has 2 heterocycles. The van der Waals surface area contributed by atoms with Crippen LogP contribution in [-0.4, -0.2) is 44.2 Å². The van der Waals surface area contributed by atoms with Crippen molar-refractivity contribution in [2.45, 2.75) is 25.5 Å². The molecule has 0 atom stereocenters. The van der Waals surface area contributed by atoms with Gasteiger partial charge in [-0.1, -0.05) is 12.1 Å². The number of furan rings is 1. The minimum atomic E-state index is -0.249. The molecule has 0 radical (unpaired) electrons. The lowest BCUT2D eigenvalue weighted by Crippen LogP contribution is -2.35. The third-order valence-electron chi connectivity index (χ3n) is 5.52. The molecule has 0 spiro atoms. The molecule has 4 rings (SSSR count). The average Bonchev–Trinajstić information content (AvgIpc) is 3.30. The van der Waals surface area contributed by atoms with Crippen molar-refractivity contribution >= 4 is 5.91 Å². The number of hydrogen-bond acceptors (Lipinski definition) is 5. The Morgan fingerprint density at radius 1 is 1.06 bits per heavy atom. The molecular weight excluding hydrogens is 392 g/mol. The van der Waals surface area contributed by atoms with Gasteiger partial charge >= 0.3 is 0 Å². The van der Waals surface area contributed by atoms with Crippen LogP contribution < -0.4 is 14.8 Å². The second kappa shape index (κ2) is 9.71. The van der Waals surface area contributed by atoms with E-state index in [9.17, 15) is 4.79 Å². The van der Waals surface area contributed by atoms with Crippen molar-refractivity contribution in [3.63, 3.8) is 0 Å². The summed E-state index contributed by atoms with van der Waals surface area (Å²) in [6.45, 7) is 2.52. The third-order valence-corrected chi connectivity index (χ3v) is 5.52. The highest BCUT2D eigenvalue weighted by atomic mass is 16.5. The van der Waals surface area contributed by atoms with Crippen molar-refractivity contribution in [2.75, 3.05) is 27.2 Å². The van der Waals surface area contributed by atoms with Crippen molar-refractivity contribution in [3.8, 4) is 22.8 Å². The van der Waals surface area contributed by atoms with Crippen LogP contribution in [0.15, 0.2) is 65.1 Å². The van der Waals surface area contributed by atoms with E-state index in [1.165, 1.54) is 0 Å². The van der Waals surface area contributed by atoms with Gasteiger partial charge in [0.25, 0.3) is 5.91 Å². The number of rotatable bonds is 7. The molecule has 162 valence electrons. The first-order chi connectivity index (χ1) is 15.1. The molecule has 1 aliphatic heterocycles. The number of ether oxygens (including phenoxy) is 2. The van der Waals surface area contributed by atoms with Crippen LogP contribution in [0.25, 0.3) is 11.3 Å². The fourth-order valence-electron chi connectivity index (χ4n) is 3.66. The van der Waals surface area contributed by atoms with Crippen LogP contribution in [0.5, 0.6) is 11.5 Å². The Morgan fingerprint density at radius 2 is 1.84 bits per heavy atom. The molecule has 0 aliphatic carbocycles. The largest absolute Gasteiger partial charge is 0.497 e. The van der Waals surface area contributed by atoms with E-state index in [-0.39, 0.29) is 17.8 Å². The van der Waals surface area contributed by atoms with E-state index in [1.807, 2.05) is 48.5 Å². The summed E-state index contributed by atoms with van der Waals surface area (Å²) in [5.74, 6) is 2.30. The van der Waals surface area contributed by atoms with E-state index < -0.39 is 0 Å². The monoisotopic (exact) mass is 420 g/mol. The molecule has 2 aromatic carbocycles. The summed E-state index contributed by atoms with van der Waals surface area (Å²) >= 11 is 0. The van der Waals surface area contributed by atoms with Crippen LogP contribution in [0.4, 0.5) is 0 Å². The number of benzene rings is 2. The second-order valence-corrected chi connectivity index (χ2v) is 7.84. The summed E-state index contributed by atoms with van der Waals surface area (Å²) in [5.41, 5.74) is 1.87. The minimum absolute atomic E-state index is 0.249. The molecule has 0 unspecified atom stereocenters. The van der Waals surface area contributed by atoms with E-state index in [2.05, 4.69) is 17.3 Å². The summed E-state index contributed by atoms with van der Waals surface area (Å²) in [4.78, 5) is 14.9. The van der Waals surface area contributed by atoms with Gasteiger partial charge in [-0.05, 0) is 74.0 Å². The Balaban J connectivity index is 1.33. The van der Waals surface area contributed by atoms with Crippen LogP contribution in [-0.2, 0) is 6.54 Å². The highest BCUT2D eigenvalue weighted by Gasteiger charge is 2.18. The smallest absolute Gasteiger partial charge is 0.287 e. The highest BCUT2D eigenvalue weighted by molar-refractivity contribution is 5.92. The minimum Gasteiger partial charge on any atom is -0.497 e. The predicted octanol–water partition coefficient (Wildman–Crippen LogP) is 4.36. The number of carbonyl (C=O) groups excluding carboxylic acids is 1. The molecule has 31 heavy (non-hydrogen) atoms. The number of nitrogens with zero attached hydrogens (tertiary/aromatic N) is 1. The first kappa shape index (κ1) is 21.0. The molecule has 1 amide bonds. The van der Waals surface area contributed by atoms with E-state index >= 15 is 0 Å². The van der Waals surface area contributed by atoms with Crippen LogP contribution in [0.2, 0.25) is 0 Å². The van der Waals surface area contributed by atoms with Gasteiger partial charge in [-0.15, -0.1) is 0 Å². The molecule has 1 aliphatic rings. The average molecular weight is 421 g/mol. The number of likely N-dealkylation sites (tertiary alicyclic amines) is 1. The Morgan fingerprint density at radius 3 is 2.58 bits per heavy atom. The maximum absolute atomic E-state index is 12.5. The molecule has 1 aromatic heterocycles. The first-order valence-electron chi connectivity index (χ1n) is 10.6. The molecular formula is C25H28N2O4. The van der Waals surface area contributed by atoms with E-state index in [0.717, 1.165) is 48.6 Å². The predicted molar refractivity (Wildman–Crippen MR) is 119 cm³/mol. The van der Waals surface area contributed by atoms with Crippen LogP contribution in [0.1, 0.15) is 29.0 Å². The van der Waals surface area contributed by atoms with Crippen LogP contribution in [0, 0.1) is 0 Å². The van der Waals surface area contributed by atoms with Crippen molar-refractivity contribution in [1.82, 2.24) is 10.2 Å². The quantitative estimate of drug-likeness (QED) is 0.615. The summed E-state index contributed by atoms with van der Waals surface area (Å²) in [7, 11) is 3.76. The standard InChI is InChI=1S/C25H28N2O4/c1-27-14-12-21(13-15-27)30-22-5-3-4-18(16-22)17-26-25(28)24-11-10-23(31-24)19-6-8-20(29-2)9-7-19/h3-11,16,21H,12-15,17H2,1-2H3,(H,26,28). The van der Waals surface area contributed by atoms with Crippen molar-refractivity contribution in [1.29, 1.82) is 0 Å². The number of methoxy groups -OCH3 is 1. The Labute approximate surface area is 182 Å². The van der Waals surface area contributed by atoms with Gasteiger partial charge in [-0.25, -0.2) is 0 Å². The maximum atomic E-state index is 12.5. The maximum Gasteiger partial charge on any atom is 0.287 e. The molecule has 6 nitrogen and oxygen atoms in total. The lowest BCUT2D eigenvalue weighted by molar-refractivity contribution is 0.0923. The van der Waals surface area contributed by atoms with Crippen molar-refractivity contribution in [2.24, 2.45) is 0 Å². The summed E-state index contributed by atoms with van der Waals surface area (Å²) < 4.78 is 17.1. The first-order valence-corrected chi connectivity index (χ1v) is 10.6. The van der Waals surface area contributed by atoms with Gasteiger partial charge in [0.2, 0.25) is 0 Å². The van der Waals surface area contributed by atoms with Crippen molar-refractivity contribution in [3.05, 3.63) is 72.0 Å². The van der Waals surface area contributed by atoms with E-state index in [4.69, 9.17) is 13.9 Å². The summed E-state index contributed by atoms with van der Waals surface area (Å²) in [6.07, 6.45) is 2.32. The number of nitrogens with one attached hydrogen (secondary N) is 1. The zero-order chi connectivity index (χ0) is 21.6. The molecule has 1 fully saturated rings. The van der Waals surface area contributed by atoms with Gasteiger partial charge in [-0.2, -0.15) is 0 Å². The lowest BCUT2D eigenvalue weighted by atomic mass is 10.1. The molecule has 1 saturated heterocycles. The molecule has 6 heteroatoms. The topological polar surface area (TPSA) is 63.9 Å². The van der Waals surface area contributed by atoms with Crippen LogP contribution in [0.3, 0.4) is 0 Å². The lowest BCUT2D eigenvalue weighted by Gasteiger charge is -2.29. The molecule has 0 saturated carbocycles. The molecule has 3 aromatic rings. The van der Waals surface area contributed by atoms with Gasteiger partial charge in [0.1, 0.15) is 23.4 Å². The molecule has 1 N–H and O–H groups in total. The zero-order valence-electron chi connectivity index (χ0n) is 18.0. The fraction of sp³-hybridized carbons (Fsp3) is 0.320. The summed E-state index contributed by atoms with van der Waals surface area (Å²) in [5, 5.41) is 2.92. The Kier molecular flexibility index (Phi) is 6.57. The second-order valence-electron chi connectivity index (χ2n) is 7.84. The number of carbonyl (C=O) groups is 1. The van der Waals surface area contributed by atoms with E-state index in [1.54, 1.807) is 19.2 Å². The van der Waals surface area contributed by atoms with Gasteiger partial charge < -0.3 is 24.1 Å². The van der Waals surface area contributed by atoms with Gasteiger partial charge in [0.15, 0.2) is 5.76 Å². The third kappa shape index (κ3) is 5.47. The zero-order valence-corrected chi connectivity index (χ0v) is 18.0. The summed E-state index contributed by atoms with van der Waals surface area (Å²) in [6, 6.07) is 18.9.